The molecule has 2 aromatic rings. The molecular formula is C23H29NO2. The fraction of sp³-hybridized carbons (Fsp3) is 0.435. The van der Waals surface area contributed by atoms with E-state index < -0.39 is 6.10 Å². The van der Waals surface area contributed by atoms with E-state index in [1.165, 1.54) is 29.5 Å². The average molecular weight is 351 g/mol. The molecule has 0 aliphatic heterocycles. The molecule has 2 aromatic carbocycles. The van der Waals surface area contributed by atoms with Crippen molar-refractivity contribution in [2.75, 3.05) is 0 Å². The predicted octanol–water partition coefficient (Wildman–Crippen LogP) is 4.77. The molecule has 0 fully saturated rings. The Kier molecular flexibility index (Phi) is 5.97. The van der Waals surface area contributed by atoms with Gasteiger partial charge in [-0.1, -0.05) is 37.3 Å². The molecule has 1 aliphatic rings. The Balaban J connectivity index is 1.58. The van der Waals surface area contributed by atoms with Gasteiger partial charge >= 0.3 is 0 Å². The lowest BCUT2D eigenvalue weighted by Gasteiger charge is -2.21. The van der Waals surface area contributed by atoms with Gasteiger partial charge in [-0.15, -0.1) is 0 Å². The second kappa shape index (κ2) is 8.39. The number of rotatable bonds is 6. The van der Waals surface area contributed by atoms with Gasteiger partial charge in [-0.2, -0.15) is 0 Å². The Morgan fingerprint density at radius 1 is 1.04 bits per heavy atom. The van der Waals surface area contributed by atoms with Gasteiger partial charge in [0.15, 0.2) is 6.10 Å². The highest BCUT2D eigenvalue weighted by Gasteiger charge is 2.18. The van der Waals surface area contributed by atoms with Crippen molar-refractivity contribution in [2.45, 2.75) is 65.0 Å². The van der Waals surface area contributed by atoms with Gasteiger partial charge in [0, 0.05) is 0 Å². The highest BCUT2D eigenvalue weighted by Crippen LogP contribution is 2.26. The summed E-state index contributed by atoms with van der Waals surface area (Å²) in [5.74, 6) is 0.697. The first-order valence-corrected chi connectivity index (χ1v) is 9.74. The topological polar surface area (TPSA) is 38.3 Å². The van der Waals surface area contributed by atoms with E-state index in [0.717, 1.165) is 30.6 Å². The van der Waals surface area contributed by atoms with Crippen LogP contribution in [0.2, 0.25) is 0 Å². The third-order valence-electron chi connectivity index (χ3n) is 5.25. The largest absolute Gasteiger partial charge is 0.481 e. The van der Waals surface area contributed by atoms with Crippen LogP contribution < -0.4 is 10.1 Å². The molecule has 0 saturated heterocycles. The van der Waals surface area contributed by atoms with E-state index in [-0.39, 0.29) is 11.9 Å². The SMILES string of the molecule is CCc1ccc([C@H](C)NC(=O)[C@@H](C)Oc2ccc3c(c2)CCCC3)cc1. The standard InChI is InChI=1S/C23H29NO2/c1-4-18-9-11-19(12-10-18)16(2)24-23(25)17(3)26-22-14-13-20-7-5-6-8-21(20)15-22/h9-17H,4-8H2,1-3H3,(H,24,25)/t16-,17+/m0/s1. The van der Waals surface area contributed by atoms with Gasteiger partial charge in [0.1, 0.15) is 5.75 Å². The predicted molar refractivity (Wildman–Crippen MR) is 106 cm³/mol. The molecule has 1 amide bonds. The Bertz CT molecular complexity index is 751. The van der Waals surface area contributed by atoms with Gasteiger partial charge in [0.25, 0.3) is 5.91 Å². The summed E-state index contributed by atoms with van der Waals surface area (Å²) in [5, 5.41) is 3.05. The third kappa shape index (κ3) is 4.46. The maximum atomic E-state index is 12.5. The minimum absolute atomic E-state index is 0.0389. The summed E-state index contributed by atoms with van der Waals surface area (Å²) in [5.41, 5.74) is 5.20. The van der Waals surface area contributed by atoms with Crippen LogP contribution in [0.25, 0.3) is 0 Å². The maximum Gasteiger partial charge on any atom is 0.261 e. The fourth-order valence-corrected chi connectivity index (χ4v) is 3.50. The summed E-state index contributed by atoms with van der Waals surface area (Å²) in [6, 6.07) is 14.6. The van der Waals surface area contributed by atoms with Crippen LogP contribution in [-0.2, 0) is 24.1 Å². The van der Waals surface area contributed by atoms with Crippen LogP contribution in [0.3, 0.4) is 0 Å². The second-order valence-corrected chi connectivity index (χ2v) is 7.22. The number of nitrogens with one attached hydrogen (secondary N) is 1. The van der Waals surface area contributed by atoms with E-state index in [0.29, 0.717) is 0 Å². The van der Waals surface area contributed by atoms with Crippen molar-refractivity contribution in [3.63, 3.8) is 0 Å². The highest BCUT2D eigenvalue weighted by atomic mass is 16.5. The molecular weight excluding hydrogens is 322 g/mol. The minimum Gasteiger partial charge on any atom is -0.481 e. The molecule has 0 heterocycles. The number of hydrogen-bond acceptors (Lipinski definition) is 2. The van der Waals surface area contributed by atoms with Crippen LogP contribution >= 0.6 is 0 Å². The third-order valence-corrected chi connectivity index (χ3v) is 5.25. The van der Waals surface area contributed by atoms with Crippen molar-refractivity contribution in [2.24, 2.45) is 0 Å². The Labute approximate surface area is 156 Å². The lowest BCUT2D eigenvalue weighted by Crippen LogP contribution is -2.37. The molecule has 0 saturated carbocycles. The van der Waals surface area contributed by atoms with Crippen molar-refractivity contribution < 1.29 is 9.53 Å². The number of carbonyl (C=O) groups is 1. The van der Waals surface area contributed by atoms with E-state index >= 15 is 0 Å². The highest BCUT2D eigenvalue weighted by molar-refractivity contribution is 5.81. The smallest absolute Gasteiger partial charge is 0.261 e. The van der Waals surface area contributed by atoms with Crippen molar-refractivity contribution >= 4 is 5.91 Å². The monoisotopic (exact) mass is 351 g/mol. The maximum absolute atomic E-state index is 12.5. The number of aryl methyl sites for hydroxylation is 3. The molecule has 0 bridgehead atoms. The van der Waals surface area contributed by atoms with Crippen LogP contribution in [0, 0.1) is 0 Å². The lowest BCUT2D eigenvalue weighted by molar-refractivity contribution is -0.127. The Morgan fingerprint density at radius 2 is 1.73 bits per heavy atom. The summed E-state index contributed by atoms with van der Waals surface area (Å²) in [7, 11) is 0. The summed E-state index contributed by atoms with van der Waals surface area (Å²) in [6.45, 7) is 5.95. The van der Waals surface area contributed by atoms with Crippen molar-refractivity contribution in [3.8, 4) is 5.75 Å². The van der Waals surface area contributed by atoms with Crippen molar-refractivity contribution in [3.05, 3.63) is 64.7 Å². The molecule has 3 rings (SSSR count). The van der Waals surface area contributed by atoms with Crippen LogP contribution in [0.5, 0.6) is 5.75 Å². The van der Waals surface area contributed by atoms with Crippen LogP contribution in [0.15, 0.2) is 42.5 Å². The summed E-state index contributed by atoms with van der Waals surface area (Å²) < 4.78 is 5.90. The quantitative estimate of drug-likeness (QED) is 0.814. The number of ether oxygens (including phenoxy) is 1. The van der Waals surface area contributed by atoms with Gasteiger partial charge in [-0.25, -0.2) is 0 Å². The molecule has 1 N–H and O–H groups in total. The zero-order valence-electron chi connectivity index (χ0n) is 16.0. The molecule has 1 aliphatic carbocycles. The van der Waals surface area contributed by atoms with Crippen LogP contribution in [-0.4, -0.2) is 12.0 Å². The molecule has 0 unspecified atom stereocenters. The Morgan fingerprint density at radius 3 is 2.42 bits per heavy atom. The number of benzene rings is 2. The summed E-state index contributed by atoms with van der Waals surface area (Å²) in [4.78, 5) is 12.5. The molecule has 26 heavy (non-hydrogen) atoms. The zero-order valence-corrected chi connectivity index (χ0v) is 16.0. The fourth-order valence-electron chi connectivity index (χ4n) is 3.50. The second-order valence-electron chi connectivity index (χ2n) is 7.22. The molecule has 2 atom stereocenters. The molecule has 0 radical (unpaired) electrons. The number of fused-ring (bicyclic) bond motifs is 1. The van der Waals surface area contributed by atoms with E-state index in [9.17, 15) is 4.79 Å². The number of amides is 1. The van der Waals surface area contributed by atoms with Crippen LogP contribution in [0.1, 0.15) is 61.9 Å². The van der Waals surface area contributed by atoms with Crippen LogP contribution in [0.4, 0.5) is 0 Å². The minimum atomic E-state index is -0.519. The number of carbonyl (C=O) groups excluding carboxylic acids is 1. The van der Waals surface area contributed by atoms with E-state index in [4.69, 9.17) is 4.74 Å². The average Bonchev–Trinajstić information content (AvgIpc) is 2.67. The molecule has 3 nitrogen and oxygen atoms in total. The van der Waals surface area contributed by atoms with Gasteiger partial charge in [-0.3, -0.25) is 4.79 Å². The summed E-state index contributed by atoms with van der Waals surface area (Å²) in [6.07, 6.45) is 5.27. The lowest BCUT2D eigenvalue weighted by atomic mass is 9.92. The van der Waals surface area contributed by atoms with E-state index in [1.54, 1.807) is 0 Å². The van der Waals surface area contributed by atoms with Gasteiger partial charge in [0.05, 0.1) is 6.04 Å². The van der Waals surface area contributed by atoms with Gasteiger partial charge in [-0.05, 0) is 80.3 Å². The van der Waals surface area contributed by atoms with Crippen molar-refractivity contribution in [1.29, 1.82) is 0 Å². The van der Waals surface area contributed by atoms with E-state index in [2.05, 4.69) is 48.6 Å². The molecule has 0 aromatic heterocycles. The van der Waals surface area contributed by atoms with Crippen molar-refractivity contribution in [1.82, 2.24) is 5.32 Å². The first-order valence-electron chi connectivity index (χ1n) is 9.74. The molecule has 138 valence electrons. The first-order chi connectivity index (χ1) is 12.6. The van der Waals surface area contributed by atoms with E-state index in [1.807, 2.05) is 19.9 Å². The summed E-state index contributed by atoms with van der Waals surface area (Å²) >= 11 is 0. The zero-order chi connectivity index (χ0) is 18.5. The normalized spacial score (nSPS) is 15.7. The molecule has 3 heteroatoms. The Hall–Kier alpha value is -2.29. The molecule has 0 spiro atoms. The van der Waals surface area contributed by atoms with Gasteiger partial charge in [0.2, 0.25) is 0 Å². The number of hydrogen-bond donors (Lipinski definition) is 1. The first kappa shape index (κ1) is 18.5. The van der Waals surface area contributed by atoms with Gasteiger partial charge < -0.3 is 10.1 Å².